The number of hydrogen-bond acceptors (Lipinski definition) is 3. The average Bonchev–Trinajstić information content (AvgIpc) is 3.04. The SMILES string of the molecule is CCOC1(C(=O)Nc2cc3n(n2)CCC3)CCCC1. The molecule has 1 amide bonds. The Bertz CT molecular complexity index is 454. The number of aromatic nitrogens is 2. The van der Waals surface area contributed by atoms with Crippen molar-refractivity contribution in [2.45, 2.75) is 57.6 Å². The van der Waals surface area contributed by atoms with Crippen LogP contribution in [0.3, 0.4) is 0 Å². The summed E-state index contributed by atoms with van der Waals surface area (Å²) >= 11 is 0. The van der Waals surface area contributed by atoms with Crippen molar-refractivity contribution in [3.63, 3.8) is 0 Å². The van der Waals surface area contributed by atoms with Gasteiger partial charge in [-0.25, -0.2) is 0 Å². The van der Waals surface area contributed by atoms with Crippen LogP contribution in [0.25, 0.3) is 0 Å². The molecular weight excluding hydrogens is 242 g/mol. The Hall–Kier alpha value is -1.36. The number of carbonyl (C=O) groups excluding carboxylic acids is 1. The number of ether oxygens (including phenoxy) is 1. The van der Waals surface area contributed by atoms with Gasteiger partial charge >= 0.3 is 0 Å². The van der Waals surface area contributed by atoms with Crippen LogP contribution in [0.5, 0.6) is 0 Å². The normalized spacial score (nSPS) is 20.5. The first-order valence-corrected chi connectivity index (χ1v) is 7.26. The van der Waals surface area contributed by atoms with Crippen LogP contribution >= 0.6 is 0 Å². The number of rotatable bonds is 4. The molecule has 19 heavy (non-hydrogen) atoms. The summed E-state index contributed by atoms with van der Waals surface area (Å²) in [6, 6.07) is 1.99. The second-order valence-electron chi connectivity index (χ2n) is 5.44. The minimum Gasteiger partial charge on any atom is -0.365 e. The number of nitrogens with one attached hydrogen (secondary N) is 1. The van der Waals surface area contributed by atoms with E-state index in [1.165, 1.54) is 5.69 Å². The molecule has 0 bridgehead atoms. The number of hydrogen-bond donors (Lipinski definition) is 1. The highest BCUT2D eigenvalue weighted by Gasteiger charge is 2.42. The summed E-state index contributed by atoms with van der Waals surface area (Å²) in [5, 5.41) is 7.37. The lowest BCUT2D eigenvalue weighted by Crippen LogP contribution is -2.43. The van der Waals surface area contributed by atoms with Gasteiger partial charge in [-0.05, 0) is 45.4 Å². The molecule has 0 unspecified atom stereocenters. The molecule has 5 heteroatoms. The number of nitrogens with zero attached hydrogens (tertiary/aromatic N) is 2. The van der Waals surface area contributed by atoms with Gasteiger partial charge in [-0.3, -0.25) is 9.48 Å². The van der Waals surface area contributed by atoms with E-state index in [9.17, 15) is 4.79 Å². The summed E-state index contributed by atoms with van der Waals surface area (Å²) in [4.78, 5) is 12.5. The fraction of sp³-hybridized carbons (Fsp3) is 0.714. The number of anilines is 1. The minimum atomic E-state index is -0.622. The molecule has 1 fully saturated rings. The van der Waals surface area contributed by atoms with E-state index in [1.807, 2.05) is 17.7 Å². The van der Waals surface area contributed by atoms with Gasteiger partial charge < -0.3 is 10.1 Å². The Labute approximate surface area is 113 Å². The molecule has 0 spiro atoms. The predicted octanol–water partition coefficient (Wildman–Crippen LogP) is 2.12. The van der Waals surface area contributed by atoms with Gasteiger partial charge in [0.1, 0.15) is 5.60 Å². The molecule has 0 atom stereocenters. The molecule has 1 aromatic rings. The van der Waals surface area contributed by atoms with Gasteiger partial charge in [0.2, 0.25) is 0 Å². The molecule has 1 aromatic heterocycles. The smallest absolute Gasteiger partial charge is 0.257 e. The van der Waals surface area contributed by atoms with Crippen molar-refractivity contribution < 1.29 is 9.53 Å². The molecule has 1 aliphatic heterocycles. The van der Waals surface area contributed by atoms with E-state index < -0.39 is 5.60 Å². The predicted molar refractivity (Wildman–Crippen MR) is 72.0 cm³/mol. The molecule has 5 nitrogen and oxygen atoms in total. The number of aryl methyl sites for hydroxylation is 2. The maximum Gasteiger partial charge on any atom is 0.257 e. The molecular formula is C14H21N3O2. The lowest BCUT2D eigenvalue weighted by Gasteiger charge is -2.26. The maximum atomic E-state index is 12.5. The lowest BCUT2D eigenvalue weighted by molar-refractivity contribution is -0.140. The van der Waals surface area contributed by atoms with Crippen LogP contribution in [0.4, 0.5) is 5.82 Å². The van der Waals surface area contributed by atoms with Gasteiger partial charge in [0.25, 0.3) is 5.91 Å². The molecule has 1 N–H and O–H groups in total. The van der Waals surface area contributed by atoms with E-state index in [-0.39, 0.29) is 5.91 Å². The zero-order valence-electron chi connectivity index (χ0n) is 11.4. The third kappa shape index (κ3) is 2.27. The fourth-order valence-corrected chi connectivity index (χ4v) is 3.21. The molecule has 0 radical (unpaired) electrons. The third-order valence-electron chi connectivity index (χ3n) is 4.15. The van der Waals surface area contributed by atoms with Gasteiger partial charge in [0.05, 0.1) is 0 Å². The summed E-state index contributed by atoms with van der Waals surface area (Å²) in [5.74, 6) is 0.648. The van der Waals surface area contributed by atoms with Crippen molar-refractivity contribution in [2.24, 2.45) is 0 Å². The van der Waals surface area contributed by atoms with Crippen molar-refractivity contribution in [1.82, 2.24) is 9.78 Å². The van der Waals surface area contributed by atoms with Gasteiger partial charge in [0.15, 0.2) is 5.82 Å². The molecule has 104 valence electrons. The number of fused-ring (bicyclic) bond motifs is 1. The summed E-state index contributed by atoms with van der Waals surface area (Å²) < 4.78 is 7.74. The van der Waals surface area contributed by atoms with Crippen molar-refractivity contribution in [3.05, 3.63) is 11.8 Å². The van der Waals surface area contributed by atoms with Crippen LogP contribution in [0.2, 0.25) is 0 Å². The summed E-state index contributed by atoms with van der Waals surface area (Å²) in [7, 11) is 0. The molecule has 1 saturated carbocycles. The average molecular weight is 263 g/mol. The van der Waals surface area contributed by atoms with Crippen molar-refractivity contribution in [1.29, 1.82) is 0 Å². The quantitative estimate of drug-likeness (QED) is 0.905. The Kier molecular flexibility index (Phi) is 3.31. The third-order valence-corrected chi connectivity index (χ3v) is 4.15. The van der Waals surface area contributed by atoms with Crippen LogP contribution in [0, 0.1) is 0 Å². The molecule has 1 aliphatic carbocycles. The summed E-state index contributed by atoms with van der Waals surface area (Å²) in [5.41, 5.74) is 0.593. The van der Waals surface area contributed by atoms with Gasteiger partial charge in [-0.15, -0.1) is 0 Å². The van der Waals surface area contributed by atoms with E-state index in [2.05, 4.69) is 10.4 Å². The van der Waals surface area contributed by atoms with E-state index in [0.29, 0.717) is 12.4 Å². The molecule has 0 saturated heterocycles. The summed E-state index contributed by atoms with van der Waals surface area (Å²) in [6.07, 6.45) is 5.97. The fourth-order valence-electron chi connectivity index (χ4n) is 3.21. The van der Waals surface area contributed by atoms with Crippen LogP contribution in [-0.4, -0.2) is 27.9 Å². The zero-order valence-corrected chi connectivity index (χ0v) is 11.4. The van der Waals surface area contributed by atoms with Crippen molar-refractivity contribution >= 4 is 11.7 Å². The summed E-state index contributed by atoms with van der Waals surface area (Å²) in [6.45, 7) is 3.48. The van der Waals surface area contributed by atoms with Gasteiger partial charge in [0, 0.05) is 24.9 Å². The maximum absolute atomic E-state index is 12.5. The first kappa shape index (κ1) is 12.7. The highest BCUT2D eigenvalue weighted by molar-refractivity contribution is 5.96. The van der Waals surface area contributed by atoms with E-state index >= 15 is 0 Å². The Balaban J connectivity index is 1.72. The van der Waals surface area contributed by atoms with Crippen LogP contribution < -0.4 is 5.32 Å². The Morgan fingerprint density at radius 3 is 2.95 bits per heavy atom. The van der Waals surface area contributed by atoms with E-state index in [1.54, 1.807) is 0 Å². The van der Waals surface area contributed by atoms with Crippen LogP contribution in [0.1, 0.15) is 44.7 Å². The topological polar surface area (TPSA) is 56.1 Å². The molecule has 2 aliphatic rings. The van der Waals surface area contributed by atoms with Gasteiger partial charge in [-0.1, -0.05) is 0 Å². The highest BCUT2D eigenvalue weighted by atomic mass is 16.5. The van der Waals surface area contributed by atoms with Crippen molar-refractivity contribution in [3.8, 4) is 0 Å². The molecule has 0 aromatic carbocycles. The second-order valence-corrected chi connectivity index (χ2v) is 5.44. The van der Waals surface area contributed by atoms with Crippen LogP contribution in [-0.2, 0) is 22.5 Å². The van der Waals surface area contributed by atoms with Crippen LogP contribution in [0.15, 0.2) is 6.07 Å². The standard InChI is InChI=1S/C14H21N3O2/c1-2-19-14(7-3-4-8-14)13(18)15-12-10-11-6-5-9-17(11)16-12/h10H,2-9H2,1H3,(H,15,16,18). The van der Waals surface area contributed by atoms with Gasteiger partial charge in [-0.2, -0.15) is 5.10 Å². The largest absolute Gasteiger partial charge is 0.365 e. The second kappa shape index (κ2) is 4.96. The van der Waals surface area contributed by atoms with E-state index in [4.69, 9.17) is 4.74 Å². The first-order valence-electron chi connectivity index (χ1n) is 7.26. The Morgan fingerprint density at radius 2 is 2.26 bits per heavy atom. The minimum absolute atomic E-state index is 0.0244. The number of carbonyl (C=O) groups is 1. The Morgan fingerprint density at radius 1 is 1.47 bits per heavy atom. The molecule has 2 heterocycles. The lowest BCUT2D eigenvalue weighted by atomic mass is 10.0. The molecule has 3 rings (SSSR count). The monoisotopic (exact) mass is 263 g/mol. The first-order chi connectivity index (χ1) is 9.23. The highest BCUT2D eigenvalue weighted by Crippen LogP contribution is 2.34. The van der Waals surface area contributed by atoms with E-state index in [0.717, 1.165) is 45.1 Å². The zero-order chi connectivity index (χ0) is 13.3. The van der Waals surface area contributed by atoms with Crippen molar-refractivity contribution in [2.75, 3.05) is 11.9 Å². The number of amides is 1.